The fraction of sp³-hybridized carbons (Fsp3) is 0.765. The molecule has 0 aromatic carbocycles. The molecule has 0 spiro atoms. The predicted octanol–water partition coefficient (Wildman–Crippen LogP) is 3.90. The lowest BCUT2D eigenvalue weighted by molar-refractivity contribution is -0.148. The molecule has 1 aliphatic carbocycles. The third kappa shape index (κ3) is 5.15. The van der Waals surface area contributed by atoms with Crippen molar-refractivity contribution in [2.24, 2.45) is 16.6 Å². The number of nitrogens with two attached hydrogens (primary N) is 1. The van der Waals surface area contributed by atoms with Crippen LogP contribution in [0.15, 0.2) is 17.4 Å². The van der Waals surface area contributed by atoms with Crippen molar-refractivity contribution in [3.63, 3.8) is 0 Å². The Hall–Kier alpha value is -0.690. The number of ether oxygens (including phenoxy) is 1. The van der Waals surface area contributed by atoms with Crippen LogP contribution in [-0.4, -0.2) is 40.0 Å². The monoisotopic (exact) mass is 374 g/mol. The van der Waals surface area contributed by atoms with E-state index in [0.29, 0.717) is 12.3 Å². The molecule has 1 heterocycles. The number of aliphatic imine (C=N–C) groups is 1. The number of nitrogens with zero attached hydrogens (tertiary/aromatic N) is 1. The van der Waals surface area contributed by atoms with Gasteiger partial charge in [0.05, 0.1) is 10.4 Å². The van der Waals surface area contributed by atoms with Gasteiger partial charge in [0.2, 0.25) is 0 Å². The van der Waals surface area contributed by atoms with Gasteiger partial charge in [0, 0.05) is 13.3 Å². The lowest BCUT2D eigenvalue weighted by Gasteiger charge is -2.46. The van der Waals surface area contributed by atoms with Gasteiger partial charge in [-0.1, -0.05) is 6.58 Å². The molecule has 2 aliphatic rings. The summed E-state index contributed by atoms with van der Waals surface area (Å²) in [4.78, 5) is 15.2. The first kappa shape index (κ1) is 19.6. The largest absolute Gasteiger partial charge is 0.463 e. The minimum Gasteiger partial charge on any atom is -0.463 e. The quantitative estimate of drug-likeness (QED) is 0.434. The Labute approximate surface area is 152 Å². The van der Waals surface area contributed by atoms with E-state index in [4.69, 9.17) is 10.5 Å². The third-order valence-corrected chi connectivity index (χ3v) is 8.39. The Balaban J connectivity index is 2.07. The minimum absolute atomic E-state index is 0.0309. The van der Waals surface area contributed by atoms with Crippen LogP contribution in [-0.2, 0) is 9.53 Å². The first-order chi connectivity index (χ1) is 11.5. The van der Waals surface area contributed by atoms with Gasteiger partial charge in [-0.2, -0.15) is 0 Å². The van der Waals surface area contributed by atoms with E-state index in [1.54, 1.807) is 0 Å². The van der Waals surface area contributed by atoms with E-state index in [2.05, 4.69) is 11.6 Å². The summed E-state index contributed by atoms with van der Waals surface area (Å²) in [5.41, 5.74) is 5.40. The maximum atomic E-state index is 13.8. The minimum atomic E-state index is -0.570. The van der Waals surface area contributed by atoms with Crippen molar-refractivity contribution < 1.29 is 13.9 Å². The van der Waals surface area contributed by atoms with E-state index < -0.39 is 11.9 Å². The molecule has 1 unspecified atom stereocenters. The van der Waals surface area contributed by atoms with Gasteiger partial charge in [0.1, 0.15) is 18.0 Å². The van der Waals surface area contributed by atoms with E-state index in [0.717, 1.165) is 37.2 Å². The van der Waals surface area contributed by atoms with Crippen LogP contribution in [0.4, 0.5) is 4.39 Å². The van der Waals surface area contributed by atoms with Crippen LogP contribution in [0.25, 0.3) is 0 Å². The van der Waals surface area contributed by atoms with Crippen LogP contribution in [0, 0.1) is 5.92 Å². The van der Waals surface area contributed by atoms with E-state index in [9.17, 15) is 9.18 Å². The summed E-state index contributed by atoms with van der Waals surface area (Å²) in [7, 11) is 0. The zero-order valence-electron chi connectivity index (χ0n) is 14.2. The number of thioether (sulfide) groups is 2. The second-order valence-corrected chi connectivity index (χ2v) is 9.52. The molecule has 2 fully saturated rings. The van der Waals surface area contributed by atoms with Crippen LogP contribution in [0.5, 0.6) is 0 Å². The normalized spacial score (nSPS) is 28.4. The first-order valence-corrected chi connectivity index (χ1v) is 10.5. The first-order valence-electron chi connectivity index (χ1n) is 8.49. The average molecular weight is 375 g/mol. The highest BCUT2D eigenvalue weighted by molar-refractivity contribution is 8.18. The van der Waals surface area contributed by atoms with Crippen molar-refractivity contribution >= 4 is 35.8 Å². The van der Waals surface area contributed by atoms with Gasteiger partial charge in [-0.15, -0.1) is 23.5 Å². The molecule has 2 rings (SSSR count). The van der Waals surface area contributed by atoms with Gasteiger partial charge in [-0.25, -0.2) is 4.39 Å². The Kier molecular flexibility index (Phi) is 7.47. The fourth-order valence-corrected chi connectivity index (χ4v) is 7.36. The molecule has 0 aromatic rings. The molecule has 0 radical (unpaired) electrons. The lowest BCUT2D eigenvalue weighted by Crippen LogP contribution is -2.40. The highest BCUT2D eigenvalue weighted by Crippen LogP contribution is 2.55. The number of hydrogen-bond acceptors (Lipinski definition) is 5. The highest BCUT2D eigenvalue weighted by atomic mass is 32.2. The van der Waals surface area contributed by atoms with Crippen molar-refractivity contribution in [2.45, 2.75) is 61.7 Å². The zero-order chi connectivity index (χ0) is 17.6. The summed E-state index contributed by atoms with van der Waals surface area (Å²) in [5.74, 6) is 2.02. The molecule has 0 amide bonds. The molecule has 0 aromatic heterocycles. The molecule has 0 bridgehead atoms. The Bertz CT molecular complexity index is 473. The van der Waals surface area contributed by atoms with E-state index >= 15 is 0 Å². The number of carbonyl (C=O) groups is 1. The van der Waals surface area contributed by atoms with E-state index in [1.165, 1.54) is 19.7 Å². The topological polar surface area (TPSA) is 64.7 Å². The van der Waals surface area contributed by atoms with Crippen molar-refractivity contribution in [1.29, 1.82) is 0 Å². The Morgan fingerprint density at radius 1 is 1.42 bits per heavy atom. The molecule has 1 atom stereocenters. The van der Waals surface area contributed by atoms with Crippen molar-refractivity contribution in [3.8, 4) is 0 Å². The van der Waals surface area contributed by atoms with Crippen molar-refractivity contribution in [2.75, 3.05) is 11.5 Å². The Morgan fingerprint density at radius 3 is 2.54 bits per heavy atom. The summed E-state index contributed by atoms with van der Waals surface area (Å²) in [6, 6.07) is -0.570. The van der Waals surface area contributed by atoms with Crippen LogP contribution >= 0.6 is 23.5 Å². The number of hydrogen-bond donors (Lipinski definition) is 1. The van der Waals surface area contributed by atoms with Crippen LogP contribution in [0.1, 0.15) is 45.4 Å². The second-order valence-electron chi connectivity index (χ2n) is 6.41. The fourth-order valence-electron chi connectivity index (χ4n) is 3.58. The SMILES string of the molecule is C=C(F)C(CC1(C2CCC(OC(C)=O)CC2)SCCCS1)N=CN. The average Bonchev–Trinajstić information content (AvgIpc) is 2.55. The Morgan fingerprint density at radius 2 is 2.04 bits per heavy atom. The van der Waals surface area contributed by atoms with Gasteiger partial charge >= 0.3 is 5.97 Å². The third-order valence-electron chi connectivity index (χ3n) is 4.72. The van der Waals surface area contributed by atoms with Gasteiger partial charge in [-0.3, -0.25) is 9.79 Å². The molecule has 1 aliphatic heterocycles. The van der Waals surface area contributed by atoms with Crippen LogP contribution in [0.3, 0.4) is 0 Å². The number of halogens is 1. The standard InChI is InChI=1S/C17H27FN2O2S2/c1-12(18)16(20-11-19)10-17(23-8-3-9-24-17)14-4-6-15(7-5-14)22-13(2)21/h11,14-16H,1,3-10H2,2H3,(H2,19,20). The molecule has 4 nitrogen and oxygen atoms in total. The van der Waals surface area contributed by atoms with Crippen LogP contribution in [0.2, 0.25) is 0 Å². The predicted molar refractivity (Wildman–Crippen MR) is 101 cm³/mol. The van der Waals surface area contributed by atoms with Crippen molar-refractivity contribution in [3.05, 3.63) is 12.4 Å². The maximum absolute atomic E-state index is 13.8. The number of rotatable bonds is 6. The van der Waals surface area contributed by atoms with Gasteiger partial charge in [0.25, 0.3) is 0 Å². The van der Waals surface area contributed by atoms with Gasteiger partial charge in [-0.05, 0) is 49.5 Å². The van der Waals surface area contributed by atoms with Gasteiger partial charge in [0.15, 0.2) is 0 Å². The molecule has 136 valence electrons. The molecule has 1 saturated carbocycles. The molecule has 2 N–H and O–H groups in total. The molecule has 1 saturated heterocycles. The van der Waals surface area contributed by atoms with E-state index in [-0.39, 0.29) is 16.2 Å². The summed E-state index contributed by atoms with van der Waals surface area (Å²) < 4.78 is 19.1. The van der Waals surface area contributed by atoms with Crippen LogP contribution < -0.4 is 5.73 Å². The maximum Gasteiger partial charge on any atom is 0.302 e. The lowest BCUT2D eigenvalue weighted by atomic mass is 9.82. The molecule has 24 heavy (non-hydrogen) atoms. The summed E-state index contributed by atoms with van der Waals surface area (Å²) in [6.07, 6.45) is 6.77. The van der Waals surface area contributed by atoms with E-state index in [1.807, 2.05) is 23.5 Å². The summed E-state index contributed by atoms with van der Waals surface area (Å²) in [5, 5.41) is 0. The second kappa shape index (κ2) is 9.13. The van der Waals surface area contributed by atoms with Crippen molar-refractivity contribution in [1.82, 2.24) is 0 Å². The molecule has 7 heteroatoms. The number of carbonyl (C=O) groups excluding carboxylic acids is 1. The smallest absolute Gasteiger partial charge is 0.302 e. The highest BCUT2D eigenvalue weighted by Gasteiger charge is 2.45. The summed E-state index contributed by atoms with van der Waals surface area (Å²) >= 11 is 3.87. The molecular weight excluding hydrogens is 347 g/mol. The van der Waals surface area contributed by atoms with Gasteiger partial charge < -0.3 is 10.5 Å². The zero-order valence-corrected chi connectivity index (χ0v) is 15.8. The molecular formula is C17H27FN2O2S2. The number of esters is 1. The summed E-state index contributed by atoms with van der Waals surface area (Å²) in [6.45, 7) is 4.91.